The number of alkyl carbamates (subject to hydrolysis) is 1. The predicted octanol–water partition coefficient (Wildman–Crippen LogP) is 6.88. The average molecular weight is 628 g/mol. The van der Waals surface area contributed by atoms with Gasteiger partial charge >= 0.3 is 6.09 Å². The van der Waals surface area contributed by atoms with Gasteiger partial charge in [0.25, 0.3) is 0 Å². The van der Waals surface area contributed by atoms with Gasteiger partial charge in [0, 0.05) is 58.0 Å². The maximum Gasteiger partial charge on any atom is 0.407 e. The summed E-state index contributed by atoms with van der Waals surface area (Å²) in [7, 11) is -1.24. The van der Waals surface area contributed by atoms with E-state index in [1.807, 2.05) is 0 Å². The number of nitrogens with zero attached hydrogens (tertiary/aromatic N) is 2. The second-order valence-corrected chi connectivity index (χ2v) is 17.9. The average Bonchev–Trinajstić information content (AvgIpc) is 3.16. The van der Waals surface area contributed by atoms with Crippen molar-refractivity contribution in [1.82, 2.24) is 20.2 Å². The van der Waals surface area contributed by atoms with Gasteiger partial charge in [0.1, 0.15) is 23.7 Å². The lowest BCUT2D eigenvalue weighted by molar-refractivity contribution is 0.0529. The van der Waals surface area contributed by atoms with E-state index in [0.29, 0.717) is 22.7 Å². The van der Waals surface area contributed by atoms with E-state index in [-0.39, 0.29) is 36.4 Å². The van der Waals surface area contributed by atoms with Crippen LogP contribution in [0.25, 0.3) is 11.0 Å². The van der Waals surface area contributed by atoms with Crippen molar-refractivity contribution in [2.75, 3.05) is 25.0 Å². The van der Waals surface area contributed by atoms with Crippen molar-refractivity contribution in [3.63, 3.8) is 0 Å². The Labute approximate surface area is 249 Å². The van der Waals surface area contributed by atoms with Crippen LogP contribution in [-0.4, -0.2) is 54.1 Å². The van der Waals surface area contributed by atoms with Crippen LogP contribution in [0.1, 0.15) is 20.8 Å². The lowest BCUT2D eigenvalue weighted by Gasteiger charge is -2.19. The fourth-order valence-electron chi connectivity index (χ4n) is 3.53. The fraction of sp³-hybridized carbons (Fsp3) is 0.444. The molecule has 41 heavy (non-hydrogen) atoms. The monoisotopic (exact) mass is 627 g/mol. The first-order valence-corrected chi connectivity index (χ1v) is 17.5. The van der Waals surface area contributed by atoms with Crippen LogP contribution in [0.15, 0.2) is 30.6 Å². The number of hydrogen-bond donors (Lipinski definition) is 3. The number of fused-ring (bicyclic) bond motifs is 1. The molecular weight excluding hydrogens is 592 g/mol. The summed E-state index contributed by atoms with van der Waals surface area (Å²) in [5.74, 6) is -2.35. The SMILES string of the molecule is CC(C)(C)OC(=O)NCCNC(=S)Nc1cc(F)c(Oc2ccnc3c2c(Cl)cn3COCC[Si](C)(C)C)c(F)c1. The molecule has 2 heterocycles. The number of hydrogen-bond acceptors (Lipinski definition) is 6. The van der Waals surface area contributed by atoms with Crippen LogP contribution >= 0.6 is 23.8 Å². The second kappa shape index (κ2) is 13.8. The molecule has 0 saturated carbocycles. The van der Waals surface area contributed by atoms with Crippen molar-refractivity contribution in [3.05, 3.63) is 47.2 Å². The standard InChI is InChI=1S/C27H36ClF2N5O4SSi/c1-27(2,3)39-26(36)33-10-9-32-25(40)34-17-13-19(29)23(20(30)14-17)38-21-7-8-31-24-22(21)18(28)15-35(24)16-37-11-12-41(4,5)6/h7-8,13-15H,9-12,16H2,1-6H3,(H,33,36)(H2,32,34,40). The molecule has 0 spiro atoms. The Morgan fingerprint density at radius 3 is 2.44 bits per heavy atom. The molecule has 0 unspecified atom stereocenters. The van der Waals surface area contributed by atoms with Crippen LogP contribution in [0.4, 0.5) is 19.3 Å². The van der Waals surface area contributed by atoms with Crippen molar-refractivity contribution < 1.29 is 27.8 Å². The largest absolute Gasteiger partial charge is 0.450 e. The van der Waals surface area contributed by atoms with Gasteiger partial charge in [-0.15, -0.1) is 0 Å². The van der Waals surface area contributed by atoms with Gasteiger partial charge in [-0.1, -0.05) is 31.2 Å². The summed E-state index contributed by atoms with van der Waals surface area (Å²) < 4.78 is 48.3. The summed E-state index contributed by atoms with van der Waals surface area (Å²) in [5.41, 5.74) is -0.0670. The van der Waals surface area contributed by atoms with Crippen LogP contribution in [0.3, 0.4) is 0 Å². The molecule has 0 radical (unpaired) electrons. The molecule has 0 aliphatic rings. The third-order valence-corrected chi connectivity index (χ3v) is 7.68. The molecule has 0 aliphatic heterocycles. The zero-order valence-electron chi connectivity index (χ0n) is 24.0. The molecule has 0 aliphatic carbocycles. The predicted molar refractivity (Wildman–Crippen MR) is 164 cm³/mol. The molecule has 0 atom stereocenters. The number of rotatable bonds is 11. The lowest BCUT2D eigenvalue weighted by atomic mass is 10.2. The number of carbonyl (C=O) groups is 1. The van der Waals surface area contributed by atoms with Crippen LogP contribution in [0.2, 0.25) is 30.7 Å². The normalized spacial score (nSPS) is 11.8. The van der Waals surface area contributed by atoms with Gasteiger partial charge in [-0.25, -0.2) is 18.6 Å². The number of nitrogens with one attached hydrogen (secondary N) is 3. The Kier molecular flexibility index (Phi) is 10.9. The maximum absolute atomic E-state index is 15.0. The maximum atomic E-state index is 15.0. The van der Waals surface area contributed by atoms with Gasteiger partial charge in [0.2, 0.25) is 0 Å². The first kappa shape index (κ1) is 32.5. The Bertz CT molecular complexity index is 1370. The highest BCUT2D eigenvalue weighted by atomic mass is 35.5. The zero-order valence-corrected chi connectivity index (χ0v) is 26.6. The van der Waals surface area contributed by atoms with Crippen LogP contribution in [0, 0.1) is 11.6 Å². The topological polar surface area (TPSA) is 98.7 Å². The number of carbonyl (C=O) groups excluding carboxylic acids is 1. The van der Waals surface area contributed by atoms with Crippen molar-refractivity contribution in [3.8, 4) is 11.5 Å². The first-order valence-electron chi connectivity index (χ1n) is 13.0. The van der Waals surface area contributed by atoms with E-state index in [1.54, 1.807) is 31.5 Å². The summed E-state index contributed by atoms with van der Waals surface area (Å²) in [6.07, 6.45) is 2.56. The van der Waals surface area contributed by atoms with Gasteiger partial charge < -0.3 is 34.7 Å². The minimum Gasteiger partial charge on any atom is -0.450 e. The number of ether oxygens (including phenoxy) is 3. The van der Waals surface area contributed by atoms with Crippen molar-refractivity contribution in [1.29, 1.82) is 0 Å². The van der Waals surface area contributed by atoms with E-state index < -0.39 is 37.2 Å². The fourth-order valence-corrected chi connectivity index (χ4v) is 4.80. The van der Waals surface area contributed by atoms with E-state index in [0.717, 1.165) is 18.2 Å². The minimum atomic E-state index is -1.24. The Morgan fingerprint density at radius 1 is 1.15 bits per heavy atom. The van der Waals surface area contributed by atoms with E-state index in [4.69, 9.17) is 38.0 Å². The number of halogens is 3. The second-order valence-electron chi connectivity index (χ2n) is 11.5. The number of benzene rings is 1. The molecule has 1 amide bonds. The first-order chi connectivity index (χ1) is 19.1. The van der Waals surface area contributed by atoms with Gasteiger partial charge in [-0.3, -0.25) is 0 Å². The van der Waals surface area contributed by atoms with E-state index in [1.165, 1.54) is 12.3 Å². The Morgan fingerprint density at radius 2 is 1.80 bits per heavy atom. The minimum absolute atomic E-state index is 0.0736. The van der Waals surface area contributed by atoms with Crippen LogP contribution in [-0.2, 0) is 16.2 Å². The van der Waals surface area contributed by atoms with Crippen molar-refractivity contribution >= 4 is 59.8 Å². The number of thiocarbonyl (C=S) groups is 1. The van der Waals surface area contributed by atoms with Crippen LogP contribution in [0.5, 0.6) is 11.5 Å². The van der Waals surface area contributed by atoms with Gasteiger partial charge in [-0.05, 0) is 45.1 Å². The number of amides is 1. The van der Waals surface area contributed by atoms with Gasteiger partial charge in [-0.2, -0.15) is 0 Å². The quantitative estimate of drug-likeness (QED) is 0.120. The number of aromatic nitrogens is 2. The third-order valence-electron chi connectivity index (χ3n) is 5.45. The lowest BCUT2D eigenvalue weighted by Crippen LogP contribution is -2.39. The van der Waals surface area contributed by atoms with Gasteiger partial charge in [0.15, 0.2) is 22.5 Å². The van der Waals surface area contributed by atoms with Crippen molar-refractivity contribution in [2.45, 2.75) is 58.8 Å². The van der Waals surface area contributed by atoms with Crippen LogP contribution < -0.4 is 20.7 Å². The number of anilines is 1. The molecule has 14 heteroatoms. The highest BCUT2D eigenvalue weighted by molar-refractivity contribution is 7.80. The molecular formula is C27H36ClF2N5O4SSi. The molecule has 0 fully saturated rings. The molecule has 0 bridgehead atoms. The zero-order chi connectivity index (χ0) is 30.4. The molecule has 0 saturated heterocycles. The summed E-state index contributed by atoms with van der Waals surface area (Å²) in [6, 6.07) is 4.61. The third kappa shape index (κ3) is 10.1. The van der Waals surface area contributed by atoms with E-state index in [9.17, 15) is 13.6 Å². The Hall–Kier alpha value is -3.00. The highest BCUT2D eigenvalue weighted by Crippen LogP contribution is 2.37. The smallest absolute Gasteiger partial charge is 0.407 e. The summed E-state index contributed by atoms with van der Waals surface area (Å²) in [5, 5.41) is 8.96. The van der Waals surface area contributed by atoms with E-state index >= 15 is 0 Å². The number of pyridine rings is 1. The molecule has 9 nitrogen and oxygen atoms in total. The molecule has 3 aromatic rings. The summed E-state index contributed by atoms with van der Waals surface area (Å²) in [4.78, 5) is 16.0. The highest BCUT2D eigenvalue weighted by Gasteiger charge is 2.20. The van der Waals surface area contributed by atoms with Crippen molar-refractivity contribution in [2.24, 2.45) is 0 Å². The Balaban J connectivity index is 1.62. The summed E-state index contributed by atoms with van der Waals surface area (Å²) in [6.45, 7) is 13.4. The van der Waals surface area contributed by atoms with Gasteiger partial charge in [0.05, 0.1) is 10.4 Å². The molecule has 1 aromatic carbocycles. The molecule has 3 rings (SSSR count). The molecule has 2 aromatic heterocycles. The molecule has 3 N–H and O–H groups in total. The van der Waals surface area contributed by atoms with E-state index in [2.05, 4.69) is 40.6 Å². The molecule has 224 valence electrons. The summed E-state index contributed by atoms with van der Waals surface area (Å²) >= 11 is 11.6.